The molecule has 6 heteroatoms. The van der Waals surface area contributed by atoms with Gasteiger partial charge in [0.1, 0.15) is 18.2 Å². The summed E-state index contributed by atoms with van der Waals surface area (Å²) in [4.78, 5) is 2.16. The standard InChI is InChI=1S/C14H21FN2O2.ClH/c1-18-12-7-11(8-13(9-12)19-2)14(10-15)17-5-3-16-4-6-17;/h7-9,14,16H,3-6,10H2,1-2H3;1H/t14-;/m0./s1. The highest BCUT2D eigenvalue weighted by molar-refractivity contribution is 5.85. The lowest BCUT2D eigenvalue weighted by Gasteiger charge is -2.33. The maximum absolute atomic E-state index is 13.5. The van der Waals surface area contributed by atoms with Crippen molar-refractivity contribution in [3.63, 3.8) is 0 Å². The first-order valence-electron chi connectivity index (χ1n) is 6.52. The zero-order chi connectivity index (χ0) is 13.7. The van der Waals surface area contributed by atoms with Crippen LogP contribution in [-0.4, -0.2) is 52.0 Å². The van der Waals surface area contributed by atoms with Crippen LogP contribution in [0.3, 0.4) is 0 Å². The first kappa shape index (κ1) is 17.0. The Bertz CT molecular complexity index is 392. The van der Waals surface area contributed by atoms with Crippen LogP contribution < -0.4 is 14.8 Å². The van der Waals surface area contributed by atoms with Crippen molar-refractivity contribution in [3.8, 4) is 11.5 Å². The van der Waals surface area contributed by atoms with E-state index in [0.717, 1.165) is 31.7 Å². The fraction of sp³-hybridized carbons (Fsp3) is 0.571. The van der Waals surface area contributed by atoms with Crippen molar-refractivity contribution in [1.29, 1.82) is 0 Å². The van der Waals surface area contributed by atoms with Crippen LogP contribution in [0.5, 0.6) is 11.5 Å². The van der Waals surface area contributed by atoms with Gasteiger partial charge in [0.25, 0.3) is 0 Å². The summed E-state index contributed by atoms with van der Waals surface area (Å²) in [5.41, 5.74) is 0.903. The molecule has 0 aromatic heterocycles. The van der Waals surface area contributed by atoms with E-state index in [0.29, 0.717) is 11.5 Å². The number of ether oxygens (including phenoxy) is 2. The van der Waals surface area contributed by atoms with Gasteiger partial charge in [0.05, 0.1) is 20.3 Å². The zero-order valence-corrected chi connectivity index (χ0v) is 12.7. The van der Waals surface area contributed by atoms with E-state index < -0.39 is 6.67 Å². The van der Waals surface area contributed by atoms with Crippen molar-refractivity contribution in [3.05, 3.63) is 23.8 Å². The van der Waals surface area contributed by atoms with Crippen LogP contribution in [-0.2, 0) is 0 Å². The van der Waals surface area contributed by atoms with E-state index in [1.165, 1.54) is 0 Å². The van der Waals surface area contributed by atoms with E-state index in [4.69, 9.17) is 9.47 Å². The number of rotatable bonds is 5. The minimum Gasteiger partial charge on any atom is -0.497 e. The highest BCUT2D eigenvalue weighted by Gasteiger charge is 2.23. The summed E-state index contributed by atoms with van der Waals surface area (Å²) in [5, 5.41) is 3.28. The van der Waals surface area contributed by atoms with Gasteiger partial charge in [0, 0.05) is 32.2 Å². The number of hydrogen-bond acceptors (Lipinski definition) is 4. The number of benzene rings is 1. The Morgan fingerprint density at radius 2 is 1.70 bits per heavy atom. The van der Waals surface area contributed by atoms with Gasteiger partial charge in [0.2, 0.25) is 0 Å². The molecule has 1 saturated heterocycles. The van der Waals surface area contributed by atoms with Crippen LogP contribution in [0.2, 0.25) is 0 Å². The van der Waals surface area contributed by atoms with Crippen molar-refractivity contribution in [2.75, 3.05) is 47.1 Å². The molecule has 2 rings (SSSR count). The van der Waals surface area contributed by atoms with Crippen LogP contribution in [0.25, 0.3) is 0 Å². The van der Waals surface area contributed by atoms with Gasteiger partial charge in [-0.05, 0) is 17.7 Å². The van der Waals surface area contributed by atoms with Crippen molar-refractivity contribution >= 4 is 12.4 Å². The summed E-state index contributed by atoms with van der Waals surface area (Å²) in [6, 6.07) is 5.34. The molecular formula is C14H22ClFN2O2. The molecule has 1 aliphatic rings. The van der Waals surface area contributed by atoms with Crippen LogP contribution >= 0.6 is 12.4 Å². The molecule has 0 radical (unpaired) electrons. The monoisotopic (exact) mass is 304 g/mol. The third-order valence-electron chi connectivity index (χ3n) is 3.50. The smallest absolute Gasteiger partial charge is 0.122 e. The minimum absolute atomic E-state index is 0. The van der Waals surface area contributed by atoms with E-state index in [2.05, 4.69) is 10.2 Å². The quantitative estimate of drug-likeness (QED) is 0.903. The summed E-state index contributed by atoms with van der Waals surface area (Å²) >= 11 is 0. The van der Waals surface area contributed by atoms with Gasteiger partial charge < -0.3 is 14.8 Å². The molecule has 0 unspecified atom stereocenters. The molecule has 0 amide bonds. The molecule has 1 heterocycles. The predicted octanol–water partition coefficient (Wildman–Crippen LogP) is 2.04. The van der Waals surface area contributed by atoms with Gasteiger partial charge in [-0.2, -0.15) is 0 Å². The van der Waals surface area contributed by atoms with Crippen LogP contribution in [0.4, 0.5) is 4.39 Å². The van der Waals surface area contributed by atoms with E-state index in [1.54, 1.807) is 20.3 Å². The molecule has 0 aliphatic carbocycles. The first-order valence-corrected chi connectivity index (χ1v) is 6.52. The number of methoxy groups -OCH3 is 2. The molecule has 0 saturated carbocycles. The Labute approximate surface area is 125 Å². The Kier molecular flexibility index (Phi) is 7.05. The molecule has 1 fully saturated rings. The van der Waals surface area contributed by atoms with Crippen LogP contribution in [0.1, 0.15) is 11.6 Å². The fourth-order valence-electron chi connectivity index (χ4n) is 2.41. The second-order valence-electron chi connectivity index (χ2n) is 4.60. The summed E-state index contributed by atoms with van der Waals surface area (Å²) in [6.07, 6.45) is 0. The Morgan fingerprint density at radius 3 is 2.15 bits per heavy atom. The lowest BCUT2D eigenvalue weighted by atomic mass is 10.0. The van der Waals surface area contributed by atoms with Crippen molar-refractivity contribution in [2.45, 2.75) is 6.04 Å². The van der Waals surface area contributed by atoms with E-state index in [9.17, 15) is 4.39 Å². The topological polar surface area (TPSA) is 33.7 Å². The fourth-order valence-corrected chi connectivity index (χ4v) is 2.41. The number of alkyl halides is 1. The van der Waals surface area contributed by atoms with Gasteiger partial charge >= 0.3 is 0 Å². The number of nitrogens with one attached hydrogen (secondary N) is 1. The van der Waals surface area contributed by atoms with Crippen LogP contribution in [0.15, 0.2) is 18.2 Å². The molecule has 4 nitrogen and oxygen atoms in total. The lowest BCUT2D eigenvalue weighted by molar-refractivity contribution is 0.147. The number of piperazine rings is 1. The zero-order valence-electron chi connectivity index (χ0n) is 11.9. The average molecular weight is 305 g/mol. The number of hydrogen-bond donors (Lipinski definition) is 1. The SMILES string of the molecule is COc1cc(OC)cc([C@H](CF)N2CCNCC2)c1.Cl. The molecule has 0 bridgehead atoms. The summed E-state index contributed by atoms with van der Waals surface area (Å²) in [7, 11) is 3.21. The van der Waals surface area contributed by atoms with Gasteiger partial charge in [-0.15, -0.1) is 12.4 Å². The molecule has 1 aliphatic heterocycles. The molecule has 1 atom stereocenters. The molecule has 1 aromatic rings. The van der Waals surface area contributed by atoms with Gasteiger partial charge in [-0.1, -0.05) is 0 Å². The summed E-state index contributed by atoms with van der Waals surface area (Å²) < 4.78 is 23.9. The second kappa shape index (κ2) is 8.29. The molecule has 1 aromatic carbocycles. The molecule has 20 heavy (non-hydrogen) atoms. The van der Waals surface area contributed by atoms with E-state index in [-0.39, 0.29) is 18.4 Å². The van der Waals surface area contributed by atoms with Gasteiger partial charge in [-0.25, -0.2) is 4.39 Å². The Morgan fingerprint density at radius 1 is 1.15 bits per heavy atom. The van der Waals surface area contributed by atoms with E-state index >= 15 is 0 Å². The van der Waals surface area contributed by atoms with Crippen LogP contribution in [0, 0.1) is 0 Å². The number of nitrogens with zero attached hydrogens (tertiary/aromatic N) is 1. The minimum atomic E-state index is -0.406. The second-order valence-corrected chi connectivity index (χ2v) is 4.60. The largest absolute Gasteiger partial charge is 0.497 e. The van der Waals surface area contributed by atoms with E-state index in [1.807, 2.05) is 12.1 Å². The third-order valence-corrected chi connectivity index (χ3v) is 3.50. The molecule has 1 N–H and O–H groups in total. The van der Waals surface area contributed by atoms with Crippen molar-refractivity contribution < 1.29 is 13.9 Å². The van der Waals surface area contributed by atoms with Crippen molar-refractivity contribution in [2.24, 2.45) is 0 Å². The summed E-state index contributed by atoms with van der Waals surface area (Å²) in [5.74, 6) is 1.39. The summed E-state index contributed by atoms with van der Waals surface area (Å²) in [6.45, 7) is 3.10. The van der Waals surface area contributed by atoms with Crippen molar-refractivity contribution in [1.82, 2.24) is 10.2 Å². The van der Waals surface area contributed by atoms with Gasteiger partial charge in [0.15, 0.2) is 0 Å². The maximum Gasteiger partial charge on any atom is 0.122 e. The lowest BCUT2D eigenvalue weighted by Crippen LogP contribution is -2.45. The average Bonchev–Trinajstić information content (AvgIpc) is 2.48. The molecule has 0 spiro atoms. The maximum atomic E-state index is 13.5. The predicted molar refractivity (Wildman–Crippen MR) is 80.0 cm³/mol. The molecule has 114 valence electrons. The Balaban J connectivity index is 0.00000200. The third kappa shape index (κ3) is 3.98. The highest BCUT2D eigenvalue weighted by atomic mass is 35.5. The number of halogens is 2. The Hall–Kier alpha value is -1.04. The van der Waals surface area contributed by atoms with Gasteiger partial charge in [-0.3, -0.25) is 4.90 Å². The first-order chi connectivity index (χ1) is 9.28. The normalized spacial score (nSPS) is 17.1. The molecular weight excluding hydrogens is 283 g/mol. The highest BCUT2D eigenvalue weighted by Crippen LogP contribution is 2.30.